The largest absolute Gasteiger partial charge is 0.355 e. The molecule has 0 spiro atoms. The number of hydrogen-bond donors (Lipinski definition) is 1. The molecule has 0 heterocycles. The number of carbonyl (C=O) groups is 2. The normalized spacial score (nSPS) is 12.1. The molecule has 0 radical (unpaired) electrons. The Morgan fingerprint density at radius 2 is 1.62 bits per heavy atom. The Kier molecular flexibility index (Phi) is 10.7. The molecule has 11 heteroatoms. The van der Waals surface area contributed by atoms with E-state index in [1.807, 2.05) is 0 Å². The first-order valence-corrected chi connectivity index (χ1v) is 14.9. The van der Waals surface area contributed by atoms with E-state index in [1.165, 1.54) is 23.1 Å². The van der Waals surface area contributed by atoms with Gasteiger partial charge in [-0.25, -0.2) is 8.42 Å². The highest BCUT2D eigenvalue weighted by Crippen LogP contribution is 2.29. The number of nitrogens with zero attached hydrogens (tertiary/aromatic N) is 2. The molecule has 1 unspecified atom stereocenters. The fourth-order valence-corrected chi connectivity index (χ4v) is 6.10. The van der Waals surface area contributed by atoms with Crippen molar-refractivity contribution in [2.45, 2.75) is 44.7 Å². The third-order valence-electron chi connectivity index (χ3n) is 6.15. The molecule has 3 aromatic carbocycles. The smallest absolute Gasteiger partial charge is 0.264 e. The van der Waals surface area contributed by atoms with Gasteiger partial charge in [0, 0.05) is 28.2 Å². The maximum Gasteiger partial charge on any atom is 0.264 e. The summed E-state index contributed by atoms with van der Waals surface area (Å²) in [7, 11) is -4.18. The van der Waals surface area contributed by atoms with E-state index in [0.29, 0.717) is 33.6 Å². The Morgan fingerprint density at radius 1 is 0.923 bits per heavy atom. The molecule has 0 aromatic heterocycles. The van der Waals surface area contributed by atoms with Crippen LogP contribution in [0.1, 0.15) is 31.4 Å². The fraction of sp³-hybridized carbons (Fsp3) is 0.286. The molecule has 1 N–H and O–H groups in total. The summed E-state index contributed by atoms with van der Waals surface area (Å²) in [5.41, 5.74) is 1.54. The van der Waals surface area contributed by atoms with Crippen LogP contribution >= 0.6 is 34.8 Å². The highest BCUT2D eigenvalue weighted by Gasteiger charge is 2.34. The Balaban J connectivity index is 2.09. The molecule has 0 aliphatic carbocycles. The van der Waals surface area contributed by atoms with E-state index in [9.17, 15) is 18.0 Å². The fourth-order valence-electron chi connectivity index (χ4n) is 4.03. The molecule has 208 valence electrons. The van der Waals surface area contributed by atoms with Gasteiger partial charge in [-0.3, -0.25) is 13.9 Å². The summed E-state index contributed by atoms with van der Waals surface area (Å²) >= 11 is 18.8. The predicted molar refractivity (Wildman–Crippen MR) is 157 cm³/mol. The second-order valence-corrected chi connectivity index (χ2v) is 11.9. The third kappa shape index (κ3) is 7.45. The zero-order chi connectivity index (χ0) is 28.7. The lowest BCUT2D eigenvalue weighted by atomic mass is 10.1. The van der Waals surface area contributed by atoms with Crippen molar-refractivity contribution in [2.75, 3.05) is 17.4 Å². The van der Waals surface area contributed by atoms with E-state index in [1.54, 1.807) is 69.3 Å². The average molecular weight is 611 g/mol. The number of likely N-dealkylation sites (N-methyl/N-ethyl adjacent to an activating group) is 1. The Morgan fingerprint density at radius 3 is 2.21 bits per heavy atom. The van der Waals surface area contributed by atoms with Crippen molar-refractivity contribution in [2.24, 2.45) is 0 Å². The predicted octanol–water partition coefficient (Wildman–Crippen LogP) is 6.09. The van der Waals surface area contributed by atoms with Crippen molar-refractivity contribution >= 4 is 62.3 Å². The topological polar surface area (TPSA) is 86.8 Å². The number of nitrogens with one attached hydrogen (secondary N) is 1. The SMILES string of the molecule is CCNC(=O)C(CC)N(Cc1ccc(Cl)cc1Cl)C(=O)CN(c1ccc(C)c(Cl)c1)S(=O)(=O)c1ccccc1. The zero-order valence-electron chi connectivity index (χ0n) is 21.8. The molecule has 0 saturated heterocycles. The first kappa shape index (κ1) is 30.8. The molecule has 0 aliphatic rings. The lowest BCUT2D eigenvalue weighted by molar-refractivity contribution is -0.140. The van der Waals surface area contributed by atoms with Gasteiger partial charge in [0.2, 0.25) is 11.8 Å². The third-order valence-corrected chi connectivity index (χ3v) is 8.93. The van der Waals surface area contributed by atoms with Crippen LogP contribution in [-0.4, -0.2) is 44.3 Å². The van der Waals surface area contributed by atoms with E-state index in [2.05, 4.69) is 5.32 Å². The van der Waals surface area contributed by atoms with E-state index in [4.69, 9.17) is 34.8 Å². The first-order valence-electron chi connectivity index (χ1n) is 12.3. The number of hydrogen-bond acceptors (Lipinski definition) is 4. The second kappa shape index (κ2) is 13.5. The Hall–Kier alpha value is -2.78. The van der Waals surface area contributed by atoms with Gasteiger partial charge in [-0.2, -0.15) is 0 Å². The molecule has 39 heavy (non-hydrogen) atoms. The molecule has 2 amide bonds. The highest BCUT2D eigenvalue weighted by molar-refractivity contribution is 7.92. The van der Waals surface area contributed by atoms with Crippen LogP contribution in [0.15, 0.2) is 71.6 Å². The van der Waals surface area contributed by atoms with Crippen molar-refractivity contribution in [3.63, 3.8) is 0 Å². The van der Waals surface area contributed by atoms with E-state index < -0.39 is 28.5 Å². The van der Waals surface area contributed by atoms with Crippen LogP contribution in [0.5, 0.6) is 0 Å². The maximum atomic E-state index is 14.0. The summed E-state index contributed by atoms with van der Waals surface area (Å²) in [6, 6.07) is 16.6. The molecule has 7 nitrogen and oxygen atoms in total. The lowest BCUT2D eigenvalue weighted by Crippen LogP contribution is -2.52. The van der Waals surface area contributed by atoms with Crippen LogP contribution < -0.4 is 9.62 Å². The summed E-state index contributed by atoms with van der Waals surface area (Å²) in [5.74, 6) is -0.940. The van der Waals surface area contributed by atoms with Crippen LogP contribution in [0, 0.1) is 6.92 Å². The summed E-state index contributed by atoms with van der Waals surface area (Å²) in [4.78, 5) is 28.3. The van der Waals surface area contributed by atoms with Crippen LogP contribution in [0.25, 0.3) is 0 Å². The van der Waals surface area contributed by atoms with Crippen LogP contribution in [0.3, 0.4) is 0 Å². The maximum absolute atomic E-state index is 14.0. The minimum Gasteiger partial charge on any atom is -0.355 e. The zero-order valence-corrected chi connectivity index (χ0v) is 24.9. The van der Waals surface area contributed by atoms with Gasteiger partial charge in [-0.1, -0.05) is 72.1 Å². The number of rotatable bonds is 11. The minimum absolute atomic E-state index is 0.0116. The quantitative estimate of drug-likeness (QED) is 0.285. The number of amides is 2. The molecule has 0 bridgehead atoms. The molecule has 3 rings (SSSR count). The van der Waals surface area contributed by atoms with Gasteiger partial charge in [-0.15, -0.1) is 0 Å². The monoisotopic (exact) mass is 609 g/mol. The van der Waals surface area contributed by atoms with Gasteiger partial charge in [0.15, 0.2) is 0 Å². The van der Waals surface area contributed by atoms with Gasteiger partial charge in [0.05, 0.1) is 10.6 Å². The molecular weight excluding hydrogens is 581 g/mol. The summed E-state index contributed by atoms with van der Waals surface area (Å²) < 4.78 is 28.6. The summed E-state index contributed by atoms with van der Waals surface area (Å²) in [6.45, 7) is 5.12. The number of sulfonamides is 1. The van der Waals surface area contributed by atoms with Crippen molar-refractivity contribution < 1.29 is 18.0 Å². The summed E-state index contributed by atoms with van der Waals surface area (Å²) in [5, 5.41) is 3.86. The molecule has 3 aromatic rings. The standard InChI is InChI=1S/C28H30Cl3N3O4S/c1-4-26(28(36)32-5-2)33(17-20-12-13-21(29)15-25(20)31)27(35)18-34(22-14-11-19(3)24(30)16-22)39(37,38)23-9-7-6-8-10-23/h6-16,26H,4-5,17-18H2,1-3H3,(H,32,36). The van der Waals surface area contributed by atoms with Gasteiger partial charge in [0.25, 0.3) is 10.0 Å². The van der Waals surface area contributed by atoms with E-state index in [-0.39, 0.29) is 23.0 Å². The van der Waals surface area contributed by atoms with Crippen molar-refractivity contribution in [3.05, 3.63) is 92.9 Å². The second-order valence-electron chi connectivity index (χ2n) is 8.83. The van der Waals surface area contributed by atoms with Crippen molar-refractivity contribution in [3.8, 4) is 0 Å². The van der Waals surface area contributed by atoms with Crippen molar-refractivity contribution in [1.29, 1.82) is 0 Å². The molecule has 1 atom stereocenters. The summed E-state index contributed by atoms with van der Waals surface area (Å²) in [6.07, 6.45) is 0.296. The Bertz CT molecular complexity index is 1440. The Labute approximate surface area is 244 Å². The number of aryl methyl sites for hydroxylation is 1. The minimum atomic E-state index is -4.18. The molecule has 0 fully saturated rings. The van der Waals surface area contributed by atoms with Gasteiger partial charge < -0.3 is 10.2 Å². The van der Waals surface area contributed by atoms with Gasteiger partial charge in [-0.05, 0) is 67.8 Å². The van der Waals surface area contributed by atoms with Crippen LogP contribution in [0.4, 0.5) is 5.69 Å². The van der Waals surface area contributed by atoms with Crippen LogP contribution in [-0.2, 0) is 26.2 Å². The highest BCUT2D eigenvalue weighted by atomic mass is 35.5. The van der Waals surface area contributed by atoms with Gasteiger partial charge in [0.1, 0.15) is 12.6 Å². The van der Waals surface area contributed by atoms with E-state index in [0.717, 1.165) is 9.87 Å². The lowest BCUT2D eigenvalue weighted by Gasteiger charge is -2.33. The molecule has 0 aliphatic heterocycles. The number of anilines is 1. The first-order chi connectivity index (χ1) is 18.5. The van der Waals surface area contributed by atoms with Crippen LogP contribution in [0.2, 0.25) is 15.1 Å². The number of halogens is 3. The molecule has 0 saturated carbocycles. The van der Waals surface area contributed by atoms with Gasteiger partial charge >= 0.3 is 0 Å². The van der Waals surface area contributed by atoms with Crippen molar-refractivity contribution in [1.82, 2.24) is 10.2 Å². The number of carbonyl (C=O) groups excluding carboxylic acids is 2. The number of benzene rings is 3. The van der Waals surface area contributed by atoms with E-state index >= 15 is 0 Å². The molecular formula is C28H30Cl3N3O4S. The average Bonchev–Trinajstić information content (AvgIpc) is 2.90.